The number of nitrogens with two attached hydrogens (primary N) is 1. The van der Waals surface area contributed by atoms with E-state index in [4.69, 9.17) is 10.5 Å². The first-order chi connectivity index (χ1) is 13.2. The molecule has 0 spiro atoms. The van der Waals surface area contributed by atoms with Crippen LogP contribution in [0.25, 0.3) is 10.2 Å². The number of benzene rings is 1. The molecule has 0 unspecified atom stereocenters. The number of hydrogen-bond acceptors (Lipinski definition) is 7. The molecule has 2 aromatic heterocycles. The highest BCUT2D eigenvalue weighted by atomic mass is 32.2. The summed E-state index contributed by atoms with van der Waals surface area (Å²) in [6.07, 6.45) is 2.51. The third-order valence-corrected chi connectivity index (χ3v) is 5.67. The second-order valence-corrected chi connectivity index (χ2v) is 9.19. The number of hydrogen-bond donors (Lipinski definition) is 2. The van der Waals surface area contributed by atoms with Gasteiger partial charge in [0.15, 0.2) is 5.16 Å². The monoisotopic (exact) mass is 416 g/mol. The van der Waals surface area contributed by atoms with Gasteiger partial charge < -0.3 is 15.8 Å². The van der Waals surface area contributed by atoms with Crippen LogP contribution in [0.1, 0.15) is 41.7 Å². The van der Waals surface area contributed by atoms with Crippen LogP contribution < -0.4 is 15.8 Å². The lowest BCUT2D eigenvalue weighted by atomic mass is 10.1. The van der Waals surface area contributed by atoms with Crippen molar-refractivity contribution in [2.24, 2.45) is 0 Å². The summed E-state index contributed by atoms with van der Waals surface area (Å²) in [5.41, 5.74) is 8.35. The van der Waals surface area contributed by atoms with E-state index in [1.807, 2.05) is 51.3 Å². The van der Waals surface area contributed by atoms with Gasteiger partial charge in [-0.25, -0.2) is 9.97 Å². The molecule has 6 nitrogen and oxygen atoms in total. The number of ether oxygens (including phenoxy) is 1. The van der Waals surface area contributed by atoms with E-state index < -0.39 is 0 Å². The van der Waals surface area contributed by atoms with Gasteiger partial charge in [0.2, 0.25) is 0 Å². The maximum Gasteiger partial charge on any atom is 0.263 e. The van der Waals surface area contributed by atoms with Crippen LogP contribution in [0, 0.1) is 0 Å². The van der Waals surface area contributed by atoms with E-state index in [1.54, 1.807) is 7.11 Å². The van der Waals surface area contributed by atoms with Crippen molar-refractivity contribution in [1.29, 1.82) is 0 Å². The number of aromatic nitrogens is 2. The summed E-state index contributed by atoms with van der Waals surface area (Å²) >= 11 is 2.78. The number of nitrogens with zero attached hydrogens (tertiary/aromatic N) is 2. The molecule has 28 heavy (non-hydrogen) atoms. The molecule has 0 bridgehead atoms. The quantitative estimate of drug-likeness (QED) is 0.480. The average molecular weight is 417 g/mol. The van der Waals surface area contributed by atoms with Gasteiger partial charge in [-0.15, -0.1) is 11.3 Å². The molecule has 0 saturated carbocycles. The highest BCUT2D eigenvalue weighted by Crippen LogP contribution is 2.36. The Balaban J connectivity index is 2.09. The molecule has 3 aromatic rings. The Morgan fingerprint density at radius 1 is 1.32 bits per heavy atom. The maximum absolute atomic E-state index is 12.7. The van der Waals surface area contributed by atoms with Crippen molar-refractivity contribution in [3.63, 3.8) is 0 Å². The van der Waals surface area contributed by atoms with E-state index in [1.165, 1.54) is 23.1 Å². The molecular formula is C20H24N4O2S2. The molecular weight excluding hydrogens is 392 g/mol. The summed E-state index contributed by atoms with van der Waals surface area (Å²) in [6.45, 7) is 5.82. The summed E-state index contributed by atoms with van der Waals surface area (Å²) in [4.78, 5) is 23.2. The van der Waals surface area contributed by atoms with Crippen molar-refractivity contribution in [3.8, 4) is 5.75 Å². The van der Waals surface area contributed by atoms with Crippen LogP contribution in [0.4, 0.5) is 5.69 Å². The van der Waals surface area contributed by atoms with Crippen LogP contribution in [-0.2, 0) is 6.42 Å². The highest BCUT2D eigenvalue weighted by Gasteiger charge is 2.24. The number of fused-ring (bicyclic) bond motifs is 1. The van der Waals surface area contributed by atoms with E-state index in [-0.39, 0.29) is 11.4 Å². The Kier molecular flexibility index (Phi) is 5.81. The normalized spacial score (nSPS) is 11.6. The fourth-order valence-corrected chi connectivity index (χ4v) is 4.29. The van der Waals surface area contributed by atoms with Gasteiger partial charge in [0, 0.05) is 12.0 Å². The number of thiophene rings is 1. The number of amides is 1. The van der Waals surface area contributed by atoms with Crippen molar-refractivity contribution in [3.05, 3.63) is 40.4 Å². The summed E-state index contributed by atoms with van der Waals surface area (Å²) in [6, 6.07) is 7.84. The molecule has 0 atom stereocenters. The van der Waals surface area contributed by atoms with E-state index >= 15 is 0 Å². The number of carbonyl (C=O) groups excluding carboxylic acids is 1. The van der Waals surface area contributed by atoms with Crippen molar-refractivity contribution < 1.29 is 9.53 Å². The van der Waals surface area contributed by atoms with Crippen LogP contribution in [0.2, 0.25) is 0 Å². The Labute approximate surface area is 172 Å². The summed E-state index contributed by atoms with van der Waals surface area (Å²) in [5, 5.41) is 4.39. The predicted octanol–water partition coefficient (Wildman–Crippen LogP) is 4.12. The van der Waals surface area contributed by atoms with Gasteiger partial charge in [-0.05, 0) is 44.7 Å². The largest absolute Gasteiger partial charge is 0.497 e. The van der Waals surface area contributed by atoms with Crippen LogP contribution in [-0.4, -0.2) is 34.8 Å². The number of nitrogen functional groups attached to an aromatic ring is 1. The summed E-state index contributed by atoms with van der Waals surface area (Å²) < 4.78 is 5.32. The molecule has 3 rings (SSSR count). The van der Waals surface area contributed by atoms with E-state index in [2.05, 4.69) is 15.3 Å². The Morgan fingerprint density at radius 3 is 2.71 bits per heavy atom. The zero-order chi connectivity index (χ0) is 20.5. The van der Waals surface area contributed by atoms with Crippen LogP contribution in [0.3, 0.4) is 0 Å². The van der Waals surface area contributed by atoms with E-state index in [0.29, 0.717) is 22.1 Å². The first-order valence-corrected chi connectivity index (χ1v) is 10.8. The van der Waals surface area contributed by atoms with Gasteiger partial charge in [-0.1, -0.05) is 23.9 Å². The van der Waals surface area contributed by atoms with Crippen LogP contribution in [0.15, 0.2) is 29.4 Å². The topological polar surface area (TPSA) is 90.1 Å². The molecule has 8 heteroatoms. The number of anilines is 1. The molecule has 0 aliphatic heterocycles. The first-order valence-electron chi connectivity index (χ1n) is 8.80. The predicted molar refractivity (Wildman–Crippen MR) is 117 cm³/mol. The smallest absolute Gasteiger partial charge is 0.263 e. The lowest BCUT2D eigenvalue weighted by molar-refractivity contribution is 0.0924. The Morgan fingerprint density at radius 2 is 2.07 bits per heavy atom. The Bertz CT molecular complexity index is 1020. The minimum Gasteiger partial charge on any atom is -0.497 e. The second kappa shape index (κ2) is 7.97. The molecule has 2 heterocycles. The van der Waals surface area contributed by atoms with Gasteiger partial charge in [-0.3, -0.25) is 4.79 Å². The lowest BCUT2D eigenvalue weighted by Gasteiger charge is -2.20. The van der Waals surface area contributed by atoms with Crippen molar-refractivity contribution in [2.45, 2.75) is 37.9 Å². The number of rotatable bonds is 5. The third kappa shape index (κ3) is 4.39. The molecule has 0 fully saturated rings. The molecule has 1 amide bonds. The Hall–Kier alpha value is -2.32. The molecule has 0 aliphatic carbocycles. The number of methoxy groups -OCH3 is 1. The van der Waals surface area contributed by atoms with Gasteiger partial charge in [0.05, 0.1) is 23.9 Å². The van der Waals surface area contributed by atoms with E-state index in [9.17, 15) is 4.79 Å². The van der Waals surface area contributed by atoms with Crippen molar-refractivity contribution in [1.82, 2.24) is 15.3 Å². The summed E-state index contributed by atoms with van der Waals surface area (Å²) in [5.74, 6) is 0.599. The van der Waals surface area contributed by atoms with Gasteiger partial charge in [0.25, 0.3) is 5.91 Å². The van der Waals surface area contributed by atoms with Gasteiger partial charge in [0.1, 0.15) is 15.5 Å². The van der Waals surface area contributed by atoms with Crippen molar-refractivity contribution in [2.75, 3.05) is 19.1 Å². The molecule has 0 aliphatic rings. The van der Waals surface area contributed by atoms with Gasteiger partial charge in [-0.2, -0.15) is 0 Å². The number of carbonyl (C=O) groups is 1. The third-order valence-electron chi connectivity index (χ3n) is 4.03. The minimum absolute atomic E-state index is 0.189. The lowest BCUT2D eigenvalue weighted by Crippen LogP contribution is -2.40. The SMILES string of the molecule is COc1cccc(Cc2nc(SC)nc3sc(C(=O)NC(C)(C)C)c(N)c23)c1. The zero-order valence-corrected chi connectivity index (χ0v) is 18.3. The molecule has 3 N–H and O–H groups in total. The molecule has 1 aromatic carbocycles. The number of nitrogens with one attached hydrogen (secondary N) is 1. The van der Waals surface area contributed by atoms with Crippen LogP contribution >= 0.6 is 23.1 Å². The first kappa shape index (κ1) is 20.4. The zero-order valence-electron chi connectivity index (χ0n) is 16.6. The summed E-state index contributed by atoms with van der Waals surface area (Å²) in [7, 11) is 1.64. The fourth-order valence-electron chi connectivity index (χ4n) is 2.83. The second-order valence-electron chi connectivity index (χ2n) is 7.41. The van der Waals surface area contributed by atoms with E-state index in [0.717, 1.165) is 27.2 Å². The highest BCUT2D eigenvalue weighted by molar-refractivity contribution is 7.98. The molecule has 0 saturated heterocycles. The van der Waals surface area contributed by atoms with Crippen molar-refractivity contribution >= 4 is 44.9 Å². The standard InChI is InChI=1S/C20H24N4O2S2/c1-20(2,3)24-17(25)16-15(21)14-13(22-19(27-5)23-18(14)28-16)10-11-7-6-8-12(9-11)26-4/h6-9H,10,21H2,1-5H3,(H,24,25). The van der Waals surface area contributed by atoms with Gasteiger partial charge >= 0.3 is 0 Å². The number of thioether (sulfide) groups is 1. The molecule has 0 radical (unpaired) electrons. The average Bonchev–Trinajstić information content (AvgIpc) is 2.97. The maximum atomic E-state index is 12.7. The molecule has 148 valence electrons. The fraction of sp³-hybridized carbons (Fsp3) is 0.350. The minimum atomic E-state index is -0.348. The van der Waals surface area contributed by atoms with Crippen LogP contribution in [0.5, 0.6) is 5.75 Å².